The number of anilines is 1. The van der Waals surface area contributed by atoms with E-state index >= 15 is 0 Å². The Kier molecular flexibility index (Phi) is 6.60. The first-order valence-electron chi connectivity index (χ1n) is 8.60. The molecule has 1 amide bonds. The van der Waals surface area contributed by atoms with E-state index in [2.05, 4.69) is 20.3 Å². The molecule has 2 N–H and O–H groups in total. The molecule has 3 aromatic rings. The lowest BCUT2D eigenvalue weighted by molar-refractivity contribution is -0.116. The highest BCUT2D eigenvalue weighted by Crippen LogP contribution is 2.29. The Labute approximate surface area is 175 Å². The summed E-state index contributed by atoms with van der Waals surface area (Å²) in [4.78, 5) is 12.3. The minimum atomic E-state index is -2.98. The normalized spacial score (nSPS) is 10.9. The van der Waals surface area contributed by atoms with Crippen molar-refractivity contribution in [3.8, 4) is 17.1 Å². The second kappa shape index (κ2) is 9.15. The maximum atomic E-state index is 12.3. The number of aryl methyl sites for hydroxylation is 1. The summed E-state index contributed by atoms with van der Waals surface area (Å²) in [6.45, 7) is -0.677. The fourth-order valence-electron chi connectivity index (χ4n) is 2.66. The first kappa shape index (κ1) is 20.9. The minimum absolute atomic E-state index is 0.0261. The molecule has 0 aliphatic carbocycles. The van der Waals surface area contributed by atoms with Gasteiger partial charge in [-0.25, -0.2) is 0 Å². The number of nitrogens with one attached hydrogen (secondary N) is 2. The zero-order valence-electron chi connectivity index (χ0n) is 15.3. The smallest absolute Gasteiger partial charge is 0.387 e. The van der Waals surface area contributed by atoms with Gasteiger partial charge in [0, 0.05) is 24.2 Å². The van der Waals surface area contributed by atoms with Gasteiger partial charge in [-0.1, -0.05) is 41.4 Å². The molecule has 6 nitrogen and oxygen atoms in total. The molecule has 1 aromatic heterocycles. The summed E-state index contributed by atoms with van der Waals surface area (Å²) in [6, 6.07) is 11.8. The maximum absolute atomic E-state index is 12.3. The van der Waals surface area contributed by atoms with Crippen LogP contribution >= 0.6 is 23.8 Å². The van der Waals surface area contributed by atoms with Crippen molar-refractivity contribution in [2.75, 3.05) is 5.32 Å². The van der Waals surface area contributed by atoms with Crippen LogP contribution in [0.25, 0.3) is 11.4 Å². The van der Waals surface area contributed by atoms with Gasteiger partial charge >= 0.3 is 6.61 Å². The van der Waals surface area contributed by atoms with Crippen LogP contribution in [0.4, 0.5) is 14.5 Å². The Balaban J connectivity index is 1.66. The van der Waals surface area contributed by atoms with Crippen LogP contribution in [-0.2, 0) is 11.3 Å². The van der Waals surface area contributed by atoms with Crippen LogP contribution in [0.1, 0.15) is 12.0 Å². The van der Waals surface area contributed by atoms with Gasteiger partial charge in [-0.05, 0) is 37.3 Å². The standard InChI is InChI=1S/C19H17ClF2N4O2S/c1-11-2-4-12(5-3-11)17-24-25-19(29)26(17)9-8-16(27)23-13-6-7-15(14(20)10-13)28-18(21)22/h2-7,10,18H,8-9H2,1H3,(H,23,27)(H,25,29). The van der Waals surface area contributed by atoms with Crippen molar-refractivity contribution in [1.82, 2.24) is 14.8 Å². The second-order valence-electron chi connectivity index (χ2n) is 6.19. The molecule has 0 radical (unpaired) electrons. The Morgan fingerprint density at radius 2 is 2.03 bits per heavy atom. The molecule has 1 heterocycles. The molecule has 3 rings (SSSR count). The van der Waals surface area contributed by atoms with Crippen molar-refractivity contribution < 1.29 is 18.3 Å². The van der Waals surface area contributed by atoms with Gasteiger partial charge in [-0.3, -0.25) is 14.5 Å². The number of carbonyl (C=O) groups excluding carboxylic acids is 1. The number of benzene rings is 2. The number of hydrogen-bond donors (Lipinski definition) is 2. The summed E-state index contributed by atoms with van der Waals surface area (Å²) < 4.78 is 31.0. The highest BCUT2D eigenvalue weighted by atomic mass is 35.5. The van der Waals surface area contributed by atoms with Crippen LogP contribution in [0.2, 0.25) is 5.02 Å². The molecule has 10 heteroatoms. The Bertz CT molecular complexity index is 1070. The van der Waals surface area contributed by atoms with E-state index in [4.69, 9.17) is 23.8 Å². The molecule has 0 saturated carbocycles. The molecular formula is C19H17ClF2N4O2S. The Hall–Kier alpha value is -2.78. The van der Waals surface area contributed by atoms with E-state index in [-0.39, 0.29) is 23.1 Å². The number of hydrogen-bond acceptors (Lipinski definition) is 4. The molecule has 29 heavy (non-hydrogen) atoms. The summed E-state index contributed by atoms with van der Waals surface area (Å²) in [6.07, 6.45) is 0.125. The number of halogens is 3. The molecule has 0 aliphatic rings. The lowest BCUT2D eigenvalue weighted by Crippen LogP contribution is -2.15. The number of carbonyl (C=O) groups is 1. The molecule has 152 valence electrons. The van der Waals surface area contributed by atoms with Gasteiger partial charge in [-0.2, -0.15) is 13.9 Å². The quantitative estimate of drug-likeness (QED) is 0.497. The van der Waals surface area contributed by atoms with E-state index in [0.717, 1.165) is 11.1 Å². The van der Waals surface area contributed by atoms with Gasteiger partial charge in [0.1, 0.15) is 5.75 Å². The van der Waals surface area contributed by atoms with Crippen molar-refractivity contribution in [3.05, 3.63) is 57.8 Å². The maximum Gasteiger partial charge on any atom is 0.387 e. The summed E-state index contributed by atoms with van der Waals surface area (Å²) in [7, 11) is 0. The third-order valence-corrected chi connectivity index (χ3v) is 4.67. The molecular weight excluding hydrogens is 422 g/mol. The lowest BCUT2D eigenvalue weighted by Gasteiger charge is -2.10. The number of aromatic amines is 1. The van der Waals surface area contributed by atoms with Gasteiger partial charge in [-0.15, -0.1) is 0 Å². The fourth-order valence-corrected chi connectivity index (χ4v) is 3.10. The first-order chi connectivity index (χ1) is 13.8. The van der Waals surface area contributed by atoms with Crippen LogP contribution in [-0.4, -0.2) is 27.3 Å². The third kappa shape index (κ3) is 5.39. The third-order valence-electron chi connectivity index (χ3n) is 4.06. The van der Waals surface area contributed by atoms with Crippen molar-refractivity contribution in [3.63, 3.8) is 0 Å². The lowest BCUT2D eigenvalue weighted by atomic mass is 10.1. The summed E-state index contributed by atoms with van der Waals surface area (Å²) in [5.74, 6) is 0.188. The molecule has 2 aromatic carbocycles. The molecule has 0 aliphatic heterocycles. The number of aromatic nitrogens is 3. The van der Waals surface area contributed by atoms with E-state index in [1.54, 1.807) is 4.57 Å². The molecule has 0 spiro atoms. The van der Waals surface area contributed by atoms with E-state index in [9.17, 15) is 13.6 Å². The predicted molar refractivity (Wildman–Crippen MR) is 109 cm³/mol. The zero-order valence-corrected chi connectivity index (χ0v) is 16.9. The number of rotatable bonds is 7. The number of amides is 1. The number of H-pyrrole nitrogens is 1. The average molecular weight is 439 g/mol. The molecule has 0 saturated heterocycles. The van der Waals surface area contributed by atoms with Gasteiger partial charge in [0.25, 0.3) is 0 Å². The van der Waals surface area contributed by atoms with Crippen molar-refractivity contribution in [1.29, 1.82) is 0 Å². The van der Waals surface area contributed by atoms with Gasteiger partial charge in [0.15, 0.2) is 10.6 Å². The topological polar surface area (TPSA) is 71.9 Å². The summed E-state index contributed by atoms with van der Waals surface area (Å²) in [5, 5.41) is 9.63. The number of ether oxygens (including phenoxy) is 1. The van der Waals surface area contributed by atoms with E-state index in [1.165, 1.54) is 18.2 Å². The summed E-state index contributed by atoms with van der Waals surface area (Å²) >= 11 is 11.2. The van der Waals surface area contributed by atoms with Crippen LogP contribution in [0.15, 0.2) is 42.5 Å². The van der Waals surface area contributed by atoms with Crippen LogP contribution in [0, 0.1) is 11.7 Å². The average Bonchev–Trinajstić information content (AvgIpc) is 3.03. The van der Waals surface area contributed by atoms with Crippen molar-refractivity contribution >= 4 is 35.4 Å². The van der Waals surface area contributed by atoms with Gasteiger partial charge in [0.2, 0.25) is 5.91 Å². The van der Waals surface area contributed by atoms with Crippen molar-refractivity contribution in [2.24, 2.45) is 0 Å². The molecule has 0 atom stereocenters. The van der Waals surface area contributed by atoms with Crippen molar-refractivity contribution in [2.45, 2.75) is 26.5 Å². The van der Waals surface area contributed by atoms with E-state index < -0.39 is 6.61 Å². The van der Waals surface area contributed by atoms with E-state index in [1.807, 2.05) is 31.2 Å². The Morgan fingerprint density at radius 3 is 2.69 bits per heavy atom. The highest BCUT2D eigenvalue weighted by molar-refractivity contribution is 7.71. The SMILES string of the molecule is Cc1ccc(-c2n[nH]c(=S)n2CCC(=O)Nc2ccc(OC(F)F)c(Cl)c2)cc1. The number of nitrogens with zero attached hydrogens (tertiary/aromatic N) is 2. The molecule has 0 unspecified atom stereocenters. The highest BCUT2D eigenvalue weighted by Gasteiger charge is 2.13. The minimum Gasteiger partial charge on any atom is -0.433 e. The molecule has 0 bridgehead atoms. The zero-order chi connectivity index (χ0) is 21.0. The van der Waals surface area contributed by atoms with Crippen LogP contribution < -0.4 is 10.1 Å². The van der Waals surface area contributed by atoms with Gasteiger partial charge < -0.3 is 10.1 Å². The van der Waals surface area contributed by atoms with Crippen LogP contribution in [0.5, 0.6) is 5.75 Å². The first-order valence-corrected chi connectivity index (χ1v) is 9.38. The van der Waals surface area contributed by atoms with Gasteiger partial charge in [0.05, 0.1) is 5.02 Å². The fraction of sp³-hybridized carbons (Fsp3) is 0.211. The second-order valence-corrected chi connectivity index (χ2v) is 6.99. The van der Waals surface area contributed by atoms with Crippen LogP contribution in [0.3, 0.4) is 0 Å². The monoisotopic (exact) mass is 438 g/mol. The summed E-state index contributed by atoms with van der Waals surface area (Å²) in [5.41, 5.74) is 2.37. The largest absolute Gasteiger partial charge is 0.433 e. The molecule has 0 fully saturated rings. The van der Waals surface area contributed by atoms with E-state index in [0.29, 0.717) is 22.8 Å². The predicted octanol–water partition coefficient (Wildman–Crippen LogP) is 5.20. The number of alkyl halides is 2. The Morgan fingerprint density at radius 1 is 1.31 bits per heavy atom.